The van der Waals surface area contributed by atoms with Gasteiger partial charge in [0.1, 0.15) is 11.2 Å². The monoisotopic (exact) mass is 441 g/mol. The normalized spacial score (nSPS) is 14.8. The molecular weight excluding hydrogens is 427 g/mol. The predicted octanol–water partition coefficient (Wildman–Crippen LogP) is 3.51. The van der Waals surface area contributed by atoms with E-state index in [1.54, 1.807) is 12.3 Å². The Morgan fingerprint density at radius 1 is 1.17 bits per heavy atom. The van der Waals surface area contributed by atoms with Crippen molar-refractivity contribution in [3.05, 3.63) is 30.1 Å². The average molecular weight is 442 g/mol. The summed E-state index contributed by atoms with van der Waals surface area (Å²) in [7, 11) is 0. The number of morpholine rings is 1. The van der Waals surface area contributed by atoms with Gasteiger partial charge in [-0.15, -0.1) is 12.4 Å². The first kappa shape index (κ1) is 20.2. The van der Waals surface area contributed by atoms with E-state index in [0.29, 0.717) is 54.3 Å². The molecule has 0 saturated carbocycles. The second-order valence-corrected chi connectivity index (χ2v) is 6.40. The van der Waals surface area contributed by atoms with Gasteiger partial charge in [0.25, 0.3) is 0 Å². The van der Waals surface area contributed by atoms with E-state index in [-0.39, 0.29) is 24.2 Å². The summed E-state index contributed by atoms with van der Waals surface area (Å²) in [5.74, 6) is 0.576. The molecule has 1 aliphatic heterocycles. The molecule has 1 aliphatic rings. The smallest absolute Gasteiger partial charge is 0.432 e. The van der Waals surface area contributed by atoms with Crippen LogP contribution in [-0.2, 0) is 10.9 Å². The molecule has 0 amide bonds. The summed E-state index contributed by atoms with van der Waals surface area (Å²) in [6, 6.07) is 4.42. The summed E-state index contributed by atoms with van der Waals surface area (Å²) in [6.45, 7) is 2.25. The largest absolute Gasteiger partial charge is 0.432 e. The molecule has 1 saturated heterocycles. The standard InChI is InChI=1S/C17H14F3N7O2.ClH/c18-17(19,20)10-8-11(26-25-10)22-16-23-12-9-2-1-3-21-15(9)29-13(12)14(24-16)27-4-6-28-7-5-27;/h1-3,8H,4-7H2,(H2,22,23,24,25,26);1H. The summed E-state index contributed by atoms with van der Waals surface area (Å²) in [4.78, 5) is 15.1. The molecule has 4 aromatic rings. The maximum absolute atomic E-state index is 12.8. The highest BCUT2D eigenvalue weighted by Crippen LogP contribution is 2.34. The number of anilines is 3. The number of H-pyrrole nitrogens is 1. The van der Waals surface area contributed by atoms with Gasteiger partial charge in [-0.05, 0) is 12.1 Å². The number of pyridine rings is 1. The second kappa shape index (κ2) is 7.61. The predicted molar refractivity (Wildman–Crippen MR) is 104 cm³/mol. The lowest BCUT2D eigenvalue weighted by Crippen LogP contribution is -2.37. The van der Waals surface area contributed by atoms with Gasteiger partial charge in [0.05, 0.1) is 18.6 Å². The molecule has 0 atom stereocenters. The Bertz CT molecular complexity index is 1190. The molecule has 0 bridgehead atoms. The van der Waals surface area contributed by atoms with Crippen LogP contribution in [0.4, 0.5) is 30.8 Å². The van der Waals surface area contributed by atoms with Gasteiger partial charge in [0.15, 0.2) is 17.2 Å². The van der Waals surface area contributed by atoms with Crippen LogP contribution in [0.1, 0.15) is 5.69 Å². The molecule has 0 unspecified atom stereocenters. The van der Waals surface area contributed by atoms with Crippen LogP contribution in [0.5, 0.6) is 0 Å². The summed E-state index contributed by atoms with van der Waals surface area (Å²) in [5.41, 5.74) is 0.415. The fourth-order valence-corrected chi connectivity index (χ4v) is 3.16. The first-order chi connectivity index (χ1) is 14.0. The van der Waals surface area contributed by atoms with Gasteiger partial charge in [0, 0.05) is 25.4 Å². The number of ether oxygens (including phenoxy) is 1. The van der Waals surface area contributed by atoms with E-state index in [2.05, 4.69) is 25.4 Å². The Hall–Kier alpha value is -3.12. The van der Waals surface area contributed by atoms with Gasteiger partial charge >= 0.3 is 6.18 Å². The van der Waals surface area contributed by atoms with E-state index in [1.165, 1.54) is 0 Å². The van der Waals surface area contributed by atoms with Crippen LogP contribution >= 0.6 is 12.4 Å². The molecule has 0 aliphatic carbocycles. The number of aromatic nitrogens is 5. The Balaban J connectivity index is 0.00000218. The van der Waals surface area contributed by atoms with E-state index in [1.807, 2.05) is 16.1 Å². The van der Waals surface area contributed by atoms with Crippen molar-refractivity contribution in [3.8, 4) is 0 Å². The van der Waals surface area contributed by atoms with E-state index in [9.17, 15) is 13.2 Å². The zero-order valence-electron chi connectivity index (χ0n) is 15.2. The van der Waals surface area contributed by atoms with E-state index >= 15 is 0 Å². The molecule has 158 valence electrons. The van der Waals surface area contributed by atoms with Gasteiger partial charge in [-0.3, -0.25) is 5.10 Å². The molecular formula is C17H15ClF3N7O2. The van der Waals surface area contributed by atoms with Crippen molar-refractivity contribution in [1.82, 2.24) is 25.1 Å². The lowest BCUT2D eigenvalue weighted by atomic mass is 10.3. The number of aromatic amines is 1. The number of hydrogen-bond acceptors (Lipinski definition) is 8. The average Bonchev–Trinajstić information content (AvgIpc) is 3.33. The summed E-state index contributed by atoms with van der Waals surface area (Å²) in [6.07, 6.45) is -2.92. The number of alkyl halides is 3. The quantitative estimate of drug-likeness (QED) is 0.497. The first-order valence-electron chi connectivity index (χ1n) is 8.76. The minimum absolute atomic E-state index is 0. The van der Waals surface area contributed by atoms with Crippen LogP contribution in [0.2, 0.25) is 0 Å². The first-order valence-corrected chi connectivity index (χ1v) is 8.76. The highest BCUT2D eigenvalue weighted by atomic mass is 35.5. The van der Waals surface area contributed by atoms with Crippen LogP contribution < -0.4 is 10.2 Å². The Morgan fingerprint density at radius 2 is 1.97 bits per heavy atom. The lowest BCUT2D eigenvalue weighted by molar-refractivity contribution is -0.141. The van der Waals surface area contributed by atoms with Crippen LogP contribution in [-0.4, -0.2) is 51.5 Å². The fraction of sp³-hybridized carbons (Fsp3) is 0.294. The number of nitrogens with zero attached hydrogens (tertiary/aromatic N) is 5. The number of fused-ring (bicyclic) bond motifs is 3. The maximum atomic E-state index is 12.8. The molecule has 0 spiro atoms. The zero-order valence-corrected chi connectivity index (χ0v) is 16.0. The molecule has 30 heavy (non-hydrogen) atoms. The van der Waals surface area contributed by atoms with Crippen molar-refractivity contribution in [3.63, 3.8) is 0 Å². The third kappa shape index (κ3) is 3.59. The Kier molecular flexibility index (Phi) is 5.12. The topological polar surface area (TPSA) is 105 Å². The molecule has 13 heteroatoms. The molecule has 5 heterocycles. The highest BCUT2D eigenvalue weighted by Gasteiger charge is 2.33. The van der Waals surface area contributed by atoms with E-state index in [4.69, 9.17) is 9.15 Å². The van der Waals surface area contributed by atoms with E-state index in [0.717, 1.165) is 6.07 Å². The molecule has 5 rings (SSSR count). The van der Waals surface area contributed by atoms with Crippen molar-refractivity contribution in [2.24, 2.45) is 0 Å². The van der Waals surface area contributed by atoms with Gasteiger partial charge in [-0.1, -0.05) is 0 Å². The number of nitrogens with one attached hydrogen (secondary N) is 2. The summed E-state index contributed by atoms with van der Waals surface area (Å²) in [5, 5.41) is 9.02. The third-order valence-corrected chi connectivity index (χ3v) is 4.51. The Morgan fingerprint density at radius 3 is 2.70 bits per heavy atom. The molecule has 0 radical (unpaired) electrons. The van der Waals surface area contributed by atoms with Gasteiger partial charge < -0.3 is 19.4 Å². The number of halogens is 4. The minimum Gasteiger partial charge on any atom is -0.432 e. The van der Waals surface area contributed by atoms with Crippen molar-refractivity contribution in [2.75, 3.05) is 36.5 Å². The van der Waals surface area contributed by atoms with Crippen LogP contribution in [0.15, 0.2) is 28.8 Å². The van der Waals surface area contributed by atoms with Crippen LogP contribution in [0.3, 0.4) is 0 Å². The SMILES string of the molecule is Cl.FC(F)(F)c1cc(Nc2nc(N3CCOCC3)c3oc4ncccc4c3n2)n[nH]1. The summed E-state index contributed by atoms with van der Waals surface area (Å²) >= 11 is 0. The van der Waals surface area contributed by atoms with Crippen LogP contribution in [0, 0.1) is 0 Å². The second-order valence-electron chi connectivity index (χ2n) is 6.40. The van der Waals surface area contributed by atoms with E-state index < -0.39 is 11.9 Å². The summed E-state index contributed by atoms with van der Waals surface area (Å²) < 4.78 is 49.7. The molecule has 0 aromatic carbocycles. The molecule has 9 nitrogen and oxygen atoms in total. The van der Waals surface area contributed by atoms with Crippen molar-refractivity contribution < 1.29 is 22.3 Å². The third-order valence-electron chi connectivity index (χ3n) is 4.51. The maximum Gasteiger partial charge on any atom is 0.432 e. The lowest BCUT2D eigenvalue weighted by Gasteiger charge is -2.27. The number of furan rings is 1. The fourth-order valence-electron chi connectivity index (χ4n) is 3.16. The van der Waals surface area contributed by atoms with Gasteiger partial charge in [0.2, 0.25) is 11.7 Å². The van der Waals surface area contributed by atoms with Crippen LogP contribution in [0.25, 0.3) is 22.2 Å². The minimum atomic E-state index is -4.52. The number of hydrogen-bond donors (Lipinski definition) is 2. The molecule has 2 N–H and O–H groups in total. The molecule has 4 aromatic heterocycles. The Labute approximate surface area is 173 Å². The molecule has 1 fully saturated rings. The van der Waals surface area contributed by atoms with Crippen molar-refractivity contribution in [1.29, 1.82) is 0 Å². The number of rotatable bonds is 3. The van der Waals surface area contributed by atoms with Gasteiger partial charge in [-0.2, -0.15) is 23.3 Å². The van der Waals surface area contributed by atoms with Gasteiger partial charge in [-0.25, -0.2) is 9.97 Å². The highest BCUT2D eigenvalue weighted by molar-refractivity contribution is 6.05. The zero-order chi connectivity index (χ0) is 20.0. The van der Waals surface area contributed by atoms with Crippen molar-refractivity contribution in [2.45, 2.75) is 6.18 Å². The van der Waals surface area contributed by atoms with Crippen molar-refractivity contribution >= 4 is 52.2 Å².